The molecule has 0 radical (unpaired) electrons. The highest BCUT2D eigenvalue weighted by Gasteiger charge is 2.39. The Balaban J connectivity index is 2.32. The molecule has 140 valence electrons. The van der Waals surface area contributed by atoms with E-state index in [1.807, 2.05) is 0 Å². The predicted molar refractivity (Wildman–Crippen MR) is 98.4 cm³/mol. The number of benzene rings is 1. The van der Waals surface area contributed by atoms with Gasteiger partial charge in [-0.3, -0.25) is 0 Å². The van der Waals surface area contributed by atoms with E-state index in [0.717, 1.165) is 0 Å². The molecule has 0 aliphatic carbocycles. The van der Waals surface area contributed by atoms with E-state index in [4.69, 9.17) is 0 Å². The molecule has 0 aromatic heterocycles. The SMILES string of the molecule is CCS(=O)(=O)N[C@H]1CCN(C(=O)N(C)C)[C@H]1Cc1cccc(Br)c1F. The minimum Gasteiger partial charge on any atom is -0.331 e. The molecule has 2 amide bonds. The summed E-state index contributed by atoms with van der Waals surface area (Å²) in [4.78, 5) is 15.5. The summed E-state index contributed by atoms with van der Waals surface area (Å²) in [5.41, 5.74) is 0.443. The zero-order valence-electron chi connectivity index (χ0n) is 14.5. The third-order valence-electron chi connectivity index (χ3n) is 4.35. The van der Waals surface area contributed by atoms with Gasteiger partial charge in [0.1, 0.15) is 5.82 Å². The van der Waals surface area contributed by atoms with Gasteiger partial charge in [-0.2, -0.15) is 0 Å². The number of carbonyl (C=O) groups excluding carboxylic acids is 1. The van der Waals surface area contributed by atoms with Crippen LogP contribution in [0.5, 0.6) is 0 Å². The largest absolute Gasteiger partial charge is 0.331 e. The van der Waals surface area contributed by atoms with Gasteiger partial charge >= 0.3 is 6.03 Å². The minimum atomic E-state index is -3.42. The molecule has 1 aliphatic heterocycles. The fourth-order valence-electron chi connectivity index (χ4n) is 2.98. The van der Waals surface area contributed by atoms with Crippen LogP contribution in [0.4, 0.5) is 9.18 Å². The molecule has 1 heterocycles. The van der Waals surface area contributed by atoms with E-state index in [1.165, 1.54) is 4.90 Å². The highest BCUT2D eigenvalue weighted by Crippen LogP contribution is 2.27. The standard InChI is InChI=1S/C16H23BrFN3O3S/c1-4-25(23,24)19-13-8-9-21(16(22)20(2)3)14(13)10-11-6-5-7-12(17)15(11)18/h5-7,13-14,19H,4,8-10H2,1-3H3/t13-,14-/m0/s1. The van der Waals surface area contributed by atoms with E-state index < -0.39 is 22.1 Å². The number of sulfonamides is 1. The van der Waals surface area contributed by atoms with Crippen LogP contribution in [0.3, 0.4) is 0 Å². The molecule has 1 N–H and O–H groups in total. The maximum absolute atomic E-state index is 14.4. The van der Waals surface area contributed by atoms with E-state index in [1.54, 1.807) is 44.1 Å². The number of urea groups is 1. The molecule has 1 aromatic rings. The molecule has 9 heteroatoms. The topological polar surface area (TPSA) is 69.7 Å². The van der Waals surface area contributed by atoms with Crippen molar-refractivity contribution in [1.82, 2.24) is 14.5 Å². The molecular weight excluding hydrogens is 413 g/mol. The molecule has 0 saturated carbocycles. The summed E-state index contributed by atoms with van der Waals surface area (Å²) in [5.74, 6) is -0.424. The fraction of sp³-hybridized carbons (Fsp3) is 0.562. The number of halogens is 2. The zero-order valence-corrected chi connectivity index (χ0v) is 16.9. The van der Waals surface area contributed by atoms with E-state index >= 15 is 0 Å². The normalized spacial score (nSPS) is 20.8. The van der Waals surface area contributed by atoms with Gasteiger partial charge in [-0.1, -0.05) is 12.1 Å². The van der Waals surface area contributed by atoms with Crippen molar-refractivity contribution in [3.05, 3.63) is 34.1 Å². The summed E-state index contributed by atoms with van der Waals surface area (Å²) in [6.45, 7) is 1.98. The van der Waals surface area contributed by atoms with Gasteiger partial charge in [-0.15, -0.1) is 0 Å². The fourth-order valence-corrected chi connectivity index (χ4v) is 4.29. The number of amides is 2. The van der Waals surface area contributed by atoms with Gasteiger partial charge < -0.3 is 9.80 Å². The number of likely N-dealkylation sites (tertiary alicyclic amines) is 1. The first kappa shape index (κ1) is 20.1. The van der Waals surface area contributed by atoms with Crippen LogP contribution in [-0.4, -0.2) is 62.7 Å². The first-order valence-electron chi connectivity index (χ1n) is 8.07. The van der Waals surface area contributed by atoms with Gasteiger partial charge in [0.05, 0.1) is 16.3 Å². The molecule has 2 rings (SSSR count). The van der Waals surface area contributed by atoms with Crippen LogP contribution >= 0.6 is 15.9 Å². The number of hydrogen-bond acceptors (Lipinski definition) is 3. The third kappa shape index (κ3) is 4.71. The van der Waals surface area contributed by atoms with E-state index in [2.05, 4.69) is 20.7 Å². The van der Waals surface area contributed by atoms with Crippen molar-refractivity contribution in [2.45, 2.75) is 31.8 Å². The number of carbonyl (C=O) groups is 1. The average Bonchev–Trinajstić information content (AvgIpc) is 2.93. The molecule has 0 bridgehead atoms. The highest BCUT2D eigenvalue weighted by atomic mass is 79.9. The average molecular weight is 436 g/mol. The lowest BCUT2D eigenvalue weighted by Gasteiger charge is -2.31. The van der Waals surface area contributed by atoms with Crippen molar-refractivity contribution in [2.75, 3.05) is 26.4 Å². The number of rotatable bonds is 5. The van der Waals surface area contributed by atoms with Gasteiger partial charge in [0, 0.05) is 26.7 Å². The summed E-state index contributed by atoms with van der Waals surface area (Å²) in [7, 11) is -0.137. The third-order valence-corrected chi connectivity index (χ3v) is 6.38. The second-order valence-corrected chi connectivity index (χ2v) is 9.17. The maximum atomic E-state index is 14.4. The second-order valence-electron chi connectivity index (χ2n) is 6.27. The highest BCUT2D eigenvalue weighted by molar-refractivity contribution is 9.10. The number of nitrogens with zero attached hydrogens (tertiary/aromatic N) is 2. The van der Waals surface area contributed by atoms with Gasteiger partial charge in [-0.25, -0.2) is 22.3 Å². The van der Waals surface area contributed by atoms with Crippen molar-refractivity contribution >= 4 is 32.0 Å². The minimum absolute atomic E-state index is 0.0386. The summed E-state index contributed by atoms with van der Waals surface area (Å²) >= 11 is 3.16. The van der Waals surface area contributed by atoms with Gasteiger partial charge in [0.25, 0.3) is 0 Å². The van der Waals surface area contributed by atoms with Crippen LogP contribution in [0.25, 0.3) is 0 Å². The van der Waals surface area contributed by atoms with Crippen molar-refractivity contribution in [3.8, 4) is 0 Å². The summed E-state index contributed by atoms with van der Waals surface area (Å²) < 4.78 is 41.3. The lowest BCUT2D eigenvalue weighted by atomic mass is 10.0. The Morgan fingerprint density at radius 1 is 1.44 bits per heavy atom. The smallest absolute Gasteiger partial charge is 0.319 e. The molecule has 1 aromatic carbocycles. The van der Waals surface area contributed by atoms with Crippen molar-refractivity contribution < 1.29 is 17.6 Å². The Hall–Kier alpha value is -1.19. The maximum Gasteiger partial charge on any atom is 0.319 e. The quantitative estimate of drug-likeness (QED) is 0.770. The molecule has 2 atom stereocenters. The monoisotopic (exact) mass is 435 g/mol. The Morgan fingerprint density at radius 3 is 2.72 bits per heavy atom. The lowest BCUT2D eigenvalue weighted by Crippen LogP contribution is -2.50. The zero-order chi connectivity index (χ0) is 18.8. The van der Waals surface area contributed by atoms with Crippen LogP contribution in [-0.2, 0) is 16.4 Å². The Kier molecular flexibility index (Phi) is 6.45. The van der Waals surface area contributed by atoms with Crippen LogP contribution in [0.2, 0.25) is 0 Å². The first-order chi connectivity index (χ1) is 11.7. The molecule has 1 fully saturated rings. The van der Waals surface area contributed by atoms with Crippen molar-refractivity contribution in [1.29, 1.82) is 0 Å². The van der Waals surface area contributed by atoms with Crippen LogP contribution < -0.4 is 4.72 Å². The first-order valence-corrected chi connectivity index (χ1v) is 10.5. The van der Waals surface area contributed by atoms with Gasteiger partial charge in [0.2, 0.25) is 10.0 Å². The number of hydrogen-bond donors (Lipinski definition) is 1. The summed E-state index contributed by atoms with van der Waals surface area (Å²) in [5, 5.41) is 0. The van der Waals surface area contributed by atoms with Gasteiger partial charge in [0.15, 0.2) is 0 Å². The Bertz CT molecular complexity index is 742. The molecule has 6 nitrogen and oxygen atoms in total. The Labute approximate surface area is 156 Å². The van der Waals surface area contributed by atoms with E-state index in [0.29, 0.717) is 23.0 Å². The van der Waals surface area contributed by atoms with Crippen molar-refractivity contribution in [3.63, 3.8) is 0 Å². The van der Waals surface area contributed by atoms with Gasteiger partial charge in [-0.05, 0) is 47.3 Å². The van der Waals surface area contributed by atoms with E-state index in [-0.39, 0.29) is 24.0 Å². The number of nitrogens with one attached hydrogen (secondary N) is 1. The molecule has 0 unspecified atom stereocenters. The molecule has 1 saturated heterocycles. The summed E-state index contributed by atoms with van der Waals surface area (Å²) in [6, 6.07) is 3.89. The molecular formula is C16H23BrFN3O3S. The lowest BCUT2D eigenvalue weighted by molar-refractivity contribution is 0.162. The van der Waals surface area contributed by atoms with Crippen LogP contribution in [0.1, 0.15) is 18.9 Å². The molecule has 0 spiro atoms. The van der Waals surface area contributed by atoms with Crippen LogP contribution in [0, 0.1) is 5.82 Å². The van der Waals surface area contributed by atoms with Crippen molar-refractivity contribution in [2.24, 2.45) is 0 Å². The van der Waals surface area contributed by atoms with E-state index in [9.17, 15) is 17.6 Å². The summed E-state index contributed by atoms with van der Waals surface area (Å²) in [6.07, 6.45) is 0.737. The predicted octanol–water partition coefficient (Wildman–Crippen LogP) is 2.19. The molecule has 1 aliphatic rings. The Morgan fingerprint density at radius 2 is 2.12 bits per heavy atom. The second kappa shape index (κ2) is 8.01. The molecule has 25 heavy (non-hydrogen) atoms. The van der Waals surface area contributed by atoms with Crippen LogP contribution in [0.15, 0.2) is 22.7 Å².